The molecule has 0 bridgehead atoms. The molecular weight excluding hydrogens is 687 g/mol. The number of para-hydroxylation sites is 1. The fourth-order valence-corrected chi connectivity index (χ4v) is 9.93. The molecule has 268 valence electrons. The maximum absolute atomic E-state index is 5.30. The lowest BCUT2D eigenvalue weighted by Gasteiger charge is -2.26. The van der Waals surface area contributed by atoms with Gasteiger partial charge in [-0.05, 0) is 142 Å². The summed E-state index contributed by atoms with van der Waals surface area (Å²) in [7, 11) is 0. The Balaban J connectivity index is 1.04. The van der Waals surface area contributed by atoms with Crippen LogP contribution in [0.4, 0.5) is 5.69 Å². The van der Waals surface area contributed by atoms with Crippen LogP contribution in [0.2, 0.25) is 0 Å². The summed E-state index contributed by atoms with van der Waals surface area (Å²) in [6.45, 7) is 0. The van der Waals surface area contributed by atoms with Gasteiger partial charge in [-0.2, -0.15) is 0 Å². The maximum atomic E-state index is 5.30. The second kappa shape index (κ2) is 12.9. The van der Waals surface area contributed by atoms with Crippen LogP contribution in [-0.4, -0.2) is 5.71 Å². The first-order valence-corrected chi connectivity index (χ1v) is 20.4. The zero-order valence-electron chi connectivity index (χ0n) is 31.6. The molecule has 1 fully saturated rings. The van der Waals surface area contributed by atoms with Crippen LogP contribution in [0.3, 0.4) is 0 Å². The number of hydrogen-bond acceptors (Lipinski definition) is 1. The summed E-state index contributed by atoms with van der Waals surface area (Å²) >= 11 is 0. The number of rotatable bonds is 5. The predicted octanol–water partition coefficient (Wildman–Crippen LogP) is 14.7. The van der Waals surface area contributed by atoms with Crippen LogP contribution in [0, 0.1) is 5.92 Å². The molecule has 1 saturated carbocycles. The lowest BCUT2D eigenvalue weighted by Crippen LogP contribution is -2.20. The summed E-state index contributed by atoms with van der Waals surface area (Å²) < 4.78 is 0. The van der Waals surface area contributed by atoms with Crippen molar-refractivity contribution >= 4 is 49.8 Å². The van der Waals surface area contributed by atoms with Gasteiger partial charge >= 0.3 is 0 Å². The van der Waals surface area contributed by atoms with Crippen molar-refractivity contribution in [1.82, 2.24) is 0 Å². The third kappa shape index (κ3) is 5.41. The summed E-state index contributed by atoms with van der Waals surface area (Å²) in [6.07, 6.45) is 7.02. The van der Waals surface area contributed by atoms with Gasteiger partial charge < -0.3 is 0 Å². The minimum Gasteiger partial charge on any atom is -0.252 e. The van der Waals surface area contributed by atoms with E-state index < -0.39 is 0 Å². The zero-order chi connectivity index (χ0) is 37.5. The lowest BCUT2D eigenvalue weighted by atomic mass is 9.82. The van der Waals surface area contributed by atoms with E-state index in [0.29, 0.717) is 5.92 Å². The normalized spacial score (nSPS) is 17.9. The van der Waals surface area contributed by atoms with Gasteiger partial charge in [0, 0.05) is 5.92 Å². The number of aliphatic imine (C=N–C) groups is 1. The van der Waals surface area contributed by atoms with Gasteiger partial charge in [0.2, 0.25) is 0 Å². The summed E-state index contributed by atoms with van der Waals surface area (Å²) in [5, 5.41) is 7.64. The number of hydrogen-bond donors (Lipinski definition) is 0. The minimum atomic E-state index is 0.203. The van der Waals surface area contributed by atoms with Crippen molar-refractivity contribution in [1.29, 1.82) is 0 Å². The highest BCUT2D eigenvalue weighted by Gasteiger charge is 2.39. The van der Waals surface area contributed by atoms with Crippen molar-refractivity contribution in [2.24, 2.45) is 10.9 Å². The number of allylic oxidation sites excluding steroid dienone is 1. The standard InChI is InChI=1S/C56H39N/c1-2-11-37(12-3-1)51-34-43-14-6-9-17-53(43)57-56(51)38-21-18-36(19-22-38)40-26-29-49-52(32-40)55(45-27-28-46-41(31-45)23-24-42-33-50(42)46)48-16-8-7-15-47(48)54(49)44-25-20-35-10-4-5-13-39(35)30-44/h1-32,42,50-51H,33-34H2. The molecular formula is C56H39N. The first kappa shape index (κ1) is 32.4. The molecule has 12 rings (SSSR count). The molecule has 0 aromatic heterocycles. The molecule has 1 heterocycles. The highest BCUT2D eigenvalue weighted by Crippen LogP contribution is 2.54. The van der Waals surface area contributed by atoms with Crippen molar-refractivity contribution in [3.05, 3.63) is 216 Å². The molecule has 1 aliphatic heterocycles. The SMILES string of the molecule is C1=CC2CC2c2ccc(-c3c4ccccc4c(-c4ccc5ccccc5c4)c4ccc(-c5ccc(C6=Nc7ccccc7CC6c6ccccc6)cc5)cc34)cc21. The van der Waals surface area contributed by atoms with Crippen LogP contribution in [0.5, 0.6) is 0 Å². The number of benzene rings is 9. The lowest BCUT2D eigenvalue weighted by molar-refractivity contribution is 0.859. The fourth-order valence-electron chi connectivity index (χ4n) is 9.93. The molecule has 1 nitrogen and oxygen atoms in total. The van der Waals surface area contributed by atoms with Gasteiger partial charge in [0.15, 0.2) is 0 Å². The summed E-state index contributed by atoms with van der Waals surface area (Å²) in [5.74, 6) is 1.62. The summed E-state index contributed by atoms with van der Waals surface area (Å²) in [5.41, 5.74) is 16.4. The Morgan fingerprint density at radius 1 is 0.456 bits per heavy atom. The molecule has 2 aliphatic carbocycles. The van der Waals surface area contributed by atoms with Gasteiger partial charge in [0.05, 0.1) is 11.4 Å². The molecule has 3 aliphatic rings. The maximum Gasteiger partial charge on any atom is 0.0665 e. The van der Waals surface area contributed by atoms with E-state index in [4.69, 9.17) is 4.99 Å². The Hall–Kier alpha value is -6.83. The van der Waals surface area contributed by atoms with E-state index in [0.717, 1.165) is 23.7 Å². The Morgan fingerprint density at radius 2 is 1.11 bits per heavy atom. The minimum absolute atomic E-state index is 0.203. The van der Waals surface area contributed by atoms with Crippen LogP contribution in [-0.2, 0) is 6.42 Å². The van der Waals surface area contributed by atoms with Gasteiger partial charge in [0.25, 0.3) is 0 Å². The first-order valence-electron chi connectivity index (χ1n) is 20.4. The Labute approximate surface area is 333 Å². The van der Waals surface area contributed by atoms with Gasteiger partial charge in [-0.3, -0.25) is 4.99 Å². The summed E-state index contributed by atoms with van der Waals surface area (Å²) in [4.78, 5) is 5.30. The van der Waals surface area contributed by atoms with E-state index in [1.165, 1.54) is 99.9 Å². The Bertz CT molecular complexity index is 3130. The van der Waals surface area contributed by atoms with E-state index in [1.54, 1.807) is 0 Å². The predicted molar refractivity (Wildman–Crippen MR) is 241 cm³/mol. The highest BCUT2D eigenvalue weighted by molar-refractivity contribution is 6.22. The number of nitrogens with zero attached hydrogens (tertiary/aromatic N) is 1. The average Bonchev–Trinajstić information content (AvgIpc) is 4.08. The van der Waals surface area contributed by atoms with E-state index >= 15 is 0 Å². The molecule has 3 unspecified atom stereocenters. The Kier molecular flexibility index (Phi) is 7.32. The van der Waals surface area contributed by atoms with Crippen molar-refractivity contribution in [2.45, 2.75) is 24.7 Å². The van der Waals surface area contributed by atoms with E-state index in [-0.39, 0.29) is 5.92 Å². The van der Waals surface area contributed by atoms with Crippen molar-refractivity contribution in [2.75, 3.05) is 0 Å². The molecule has 9 aromatic rings. The molecule has 0 spiro atoms. The van der Waals surface area contributed by atoms with Gasteiger partial charge in [0.1, 0.15) is 0 Å². The molecule has 57 heavy (non-hydrogen) atoms. The molecule has 3 atom stereocenters. The van der Waals surface area contributed by atoms with E-state index in [1.807, 2.05) is 0 Å². The van der Waals surface area contributed by atoms with Crippen molar-refractivity contribution < 1.29 is 0 Å². The van der Waals surface area contributed by atoms with Crippen molar-refractivity contribution in [3.8, 4) is 33.4 Å². The molecule has 0 amide bonds. The molecule has 9 aromatic carbocycles. The van der Waals surface area contributed by atoms with Crippen LogP contribution < -0.4 is 0 Å². The quantitative estimate of drug-likeness (QED) is 0.157. The second-order valence-electron chi connectivity index (χ2n) is 16.2. The second-order valence-corrected chi connectivity index (χ2v) is 16.2. The van der Waals surface area contributed by atoms with Crippen LogP contribution in [0.15, 0.2) is 193 Å². The summed E-state index contributed by atoms with van der Waals surface area (Å²) in [6, 6.07) is 67.7. The van der Waals surface area contributed by atoms with Crippen LogP contribution in [0.25, 0.3) is 71.8 Å². The fraction of sp³-hybridized carbons (Fsp3) is 0.0893. The molecule has 0 N–H and O–H groups in total. The third-order valence-electron chi connectivity index (χ3n) is 12.9. The first-order chi connectivity index (χ1) is 28.2. The molecule has 1 heteroatoms. The van der Waals surface area contributed by atoms with Gasteiger partial charge in [-0.1, -0.05) is 170 Å². The van der Waals surface area contributed by atoms with Crippen LogP contribution >= 0.6 is 0 Å². The van der Waals surface area contributed by atoms with E-state index in [2.05, 4.69) is 194 Å². The smallest absolute Gasteiger partial charge is 0.0665 e. The topological polar surface area (TPSA) is 12.4 Å². The van der Waals surface area contributed by atoms with Crippen LogP contribution in [0.1, 0.15) is 46.1 Å². The molecule has 0 saturated heterocycles. The monoisotopic (exact) mass is 725 g/mol. The molecule has 0 radical (unpaired) electrons. The van der Waals surface area contributed by atoms with Gasteiger partial charge in [-0.25, -0.2) is 0 Å². The zero-order valence-corrected chi connectivity index (χ0v) is 31.6. The van der Waals surface area contributed by atoms with Gasteiger partial charge in [-0.15, -0.1) is 0 Å². The average molecular weight is 726 g/mol. The van der Waals surface area contributed by atoms with Crippen molar-refractivity contribution in [3.63, 3.8) is 0 Å². The highest BCUT2D eigenvalue weighted by atomic mass is 14.8. The third-order valence-corrected chi connectivity index (χ3v) is 12.9. The largest absolute Gasteiger partial charge is 0.252 e. The van der Waals surface area contributed by atoms with E-state index in [9.17, 15) is 0 Å². The number of fused-ring (bicyclic) bond motifs is 7. The Morgan fingerprint density at radius 3 is 1.96 bits per heavy atom.